The summed E-state index contributed by atoms with van der Waals surface area (Å²) < 4.78 is 0. The lowest BCUT2D eigenvalue weighted by atomic mass is 9.85. The Morgan fingerprint density at radius 1 is 1.35 bits per heavy atom. The van der Waals surface area contributed by atoms with Gasteiger partial charge in [0.2, 0.25) is 0 Å². The van der Waals surface area contributed by atoms with Gasteiger partial charge in [-0.1, -0.05) is 24.3 Å². The first-order valence-electron chi connectivity index (χ1n) is 7.60. The van der Waals surface area contributed by atoms with Crippen LogP contribution in [0.4, 0.5) is 0 Å². The molecule has 2 aliphatic rings. The van der Waals surface area contributed by atoms with E-state index < -0.39 is 5.97 Å². The number of hydrogen-bond donors (Lipinski definition) is 1. The van der Waals surface area contributed by atoms with E-state index in [0.717, 1.165) is 25.9 Å². The number of likely N-dealkylation sites (tertiary alicyclic amines) is 1. The topological polar surface area (TPSA) is 40.5 Å². The second kappa shape index (κ2) is 5.21. The van der Waals surface area contributed by atoms with Crippen molar-refractivity contribution in [3.05, 3.63) is 35.4 Å². The SMILES string of the molecule is CN1CCC(c2cccc(C3(CC(=O)O)CC3)c2)CC1. The highest BCUT2D eigenvalue weighted by molar-refractivity contribution is 5.70. The van der Waals surface area contributed by atoms with Crippen LogP contribution in [0.25, 0.3) is 0 Å². The van der Waals surface area contributed by atoms with E-state index in [2.05, 4.69) is 36.2 Å². The van der Waals surface area contributed by atoms with Crippen molar-refractivity contribution in [3.8, 4) is 0 Å². The van der Waals surface area contributed by atoms with Crippen LogP contribution in [0.2, 0.25) is 0 Å². The molecule has 20 heavy (non-hydrogen) atoms. The van der Waals surface area contributed by atoms with Crippen LogP contribution < -0.4 is 0 Å². The van der Waals surface area contributed by atoms with E-state index in [1.807, 2.05) is 0 Å². The van der Waals surface area contributed by atoms with Crippen molar-refractivity contribution < 1.29 is 9.90 Å². The van der Waals surface area contributed by atoms with Crippen LogP contribution in [0, 0.1) is 0 Å². The Morgan fingerprint density at radius 2 is 2.05 bits per heavy atom. The highest BCUT2D eigenvalue weighted by Gasteiger charge is 2.46. The molecular formula is C17H23NO2. The molecule has 1 aliphatic heterocycles. The van der Waals surface area contributed by atoms with Gasteiger partial charge in [-0.25, -0.2) is 0 Å². The maximum absolute atomic E-state index is 11.0. The van der Waals surface area contributed by atoms with Crippen LogP contribution in [0.1, 0.15) is 49.1 Å². The normalized spacial score (nSPS) is 22.6. The number of piperidine rings is 1. The van der Waals surface area contributed by atoms with Gasteiger partial charge in [0.25, 0.3) is 0 Å². The average Bonchev–Trinajstić information content (AvgIpc) is 3.20. The number of carbonyl (C=O) groups is 1. The van der Waals surface area contributed by atoms with E-state index >= 15 is 0 Å². The van der Waals surface area contributed by atoms with Gasteiger partial charge in [0.1, 0.15) is 0 Å². The van der Waals surface area contributed by atoms with Gasteiger partial charge in [0, 0.05) is 5.41 Å². The van der Waals surface area contributed by atoms with Gasteiger partial charge in [-0.3, -0.25) is 4.79 Å². The third-order valence-corrected chi connectivity index (χ3v) is 5.03. The van der Waals surface area contributed by atoms with Crippen molar-refractivity contribution >= 4 is 5.97 Å². The fourth-order valence-corrected chi connectivity index (χ4v) is 3.47. The van der Waals surface area contributed by atoms with Gasteiger partial charge < -0.3 is 10.0 Å². The molecule has 1 aromatic rings. The average molecular weight is 273 g/mol. The molecule has 0 spiro atoms. The number of nitrogens with zero attached hydrogens (tertiary/aromatic N) is 1. The van der Waals surface area contributed by atoms with Crippen molar-refractivity contribution in [2.75, 3.05) is 20.1 Å². The van der Waals surface area contributed by atoms with E-state index in [0.29, 0.717) is 5.92 Å². The molecule has 0 radical (unpaired) electrons. The fourth-order valence-electron chi connectivity index (χ4n) is 3.47. The lowest BCUT2D eigenvalue weighted by molar-refractivity contribution is -0.137. The zero-order chi connectivity index (χ0) is 14.2. The number of carboxylic acid groups (broad SMARTS) is 1. The minimum Gasteiger partial charge on any atom is -0.481 e. The van der Waals surface area contributed by atoms with Gasteiger partial charge in [-0.2, -0.15) is 0 Å². The Hall–Kier alpha value is -1.35. The summed E-state index contributed by atoms with van der Waals surface area (Å²) in [6, 6.07) is 8.74. The summed E-state index contributed by atoms with van der Waals surface area (Å²) in [6.45, 7) is 2.32. The molecule has 1 saturated heterocycles. The number of aliphatic carboxylic acids is 1. The first-order valence-corrected chi connectivity index (χ1v) is 7.60. The van der Waals surface area contributed by atoms with Crippen molar-refractivity contribution in [1.29, 1.82) is 0 Å². The lowest BCUT2D eigenvalue weighted by Crippen LogP contribution is -2.29. The predicted molar refractivity (Wildman–Crippen MR) is 79.1 cm³/mol. The predicted octanol–water partition coefficient (Wildman–Crippen LogP) is 3.00. The third-order valence-electron chi connectivity index (χ3n) is 5.03. The lowest BCUT2D eigenvalue weighted by Gasteiger charge is -2.29. The maximum atomic E-state index is 11.0. The molecule has 3 heteroatoms. The van der Waals surface area contributed by atoms with Crippen molar-refractivity contribution in [2.45, 2.75) is 43.4 Å². The summed E-state index contributed by atoms with van der Waals surface area (Å²) in [6.07, 6.45) is 4.76. The van der Waals surface area contributed by atoms with Gasteiger partial charge in [-0.05, 0) is 62.9 Å². The Balaban J connectivity index is 1.78. The molecule has 1 saturated carbocycles. The zero-order valence-electron chi connectivity index (χ0n) is 12.1. The molecule has 108 valence electrons. The van der Waals surface area contributed by atoms with E-state index in [-0.39, 0.29) is 11.8 Å². The van der Waals surface area contributed by atoms with E-state index in [1.165, 1.54) is 24.0 Å². The van der Waals surface area contributed by atoms with Crippen molar-refractivity contribution in [3.63, 3.8) is 0 Å². The molecule has 1 N–H and O–H groups in total. The maximum Gasteiger partial charge on any atom is 0.304 e. The van der Waals surface area contributed by atoms with Gasteiger partial charge >= 0.3 is 5.97 Å². The number of carboxylic acids is 1. The standard InChI is InChI=1S/C17H23NO2/c1-18-9-5-13(6-10-18)14-3-2-4-15(11-14)17(7-8-17)12-16(19)20/h2-4,11,13H,5-10,12H2,1H3,(H,19,20). The molecule has 0 amide bonds. The van der Waals surface area contributed by atoms with Crippen LogP contribution in [-0.4, -0.2) is 36.1 Å². The molecule has 3 rings (SSSR count). The zero-order valence-corrected chi connectivity index (χ0v) is 12.1. The molecule has 1 heterocycles. The minimum atomic E-state index is -0.674. The molecule has 0 bridgehead atoms. The smallest absolute Gasteiger partial charge is 0.304 e. The summed E-state index contributed by atoms with van der Waals surface area (Å²) in [7, 11) is 2.18. The Morgan fingerprint density at radius 3 is 2.65 bits per heavy atom. The summed E-state index contributed by atoms with van der Waals surface area (Å²) in [5.74, 6) is -0.0287. The summed E-state index contributed by atoms with van der Waals surface area (Å²) in [5.41, 5.74) is 2.59. The summed E-state index contributed by atoms with van der Waals surface area (Å²) in [4.78, 5) is 13.4. The Labute approximate surface area is 120 Å². The summed E-state index contributed by atoms with van der Waals surface area (Å²) >= 11 is 0. The molecule has 1 aliphatic carbocycles. The number of hydrogen-bond acceptors (Lipinski definition) is 2. The number of rotatable bonds is 4. The third kappa shape index (κ3) is 2.73. The largest absolute Gasteiger partial charge is 0.481 e. The molecule has 3 nitrogen and oxygen atoms in total. The van der Waals surface area contributed by atoms with Gasteiger partial charge in [0.05, 0.1) is 6.42 Å². The van der Waals surface area contributed by atoms with Crippen molar-refractivity contribution in [2.24, 2.45) is 0 Å². The van der Waals surface area contributed by atoms with Crippen LogP contribution in [0.3, 0.4) is 0 Å². The molecule has 1 aromatic carbocycles. The first kappa shape index (κ1) is 13.6. The Kier molecular flexibility index (Phi) is 3.55. The van der Waals surface area contributed by atoms with Crippen LogP contribution in [0.15, 0.2) is 24.3 Å². The van der Waals surface area contributed by atoms with Crippen LogP contribution in [0.5, 0.6) is 0 Å². The highest BCUT2D eigenvalue weighted by Crippen LogP contribution is 2.51. The summed E-state index contributed by atoms with van der Waals surface area (Å²) in [5, 5.41) is 9.09. The fraction of sp³-hybridized carbons (Fsp3) is 0.588. The monoisotopic (exact) mass is 273 g/mol. The van der Waals surface area contributed by atoms with E-state index in [1.54, 1.807) is 0 Å². The van der Waals surface area contributed by atoms with Crippen LogP contribution in [-0.2, 0) is 10.2 Å². The Bertz CT molecular complexity index is 499. The molecular weight excluding hydrogens is 250 g/mol. The van der Waals surface area contributed by atoms with Gasteiger partial charge in [0.15, 0.2) is 0 Å². The highest BCUT2D eigenvalue weighted by atomic mass is 16.4. The molecule has 0 atom stereocenters. The number of benzene rings is 1. The quantitative estimate of drug-likeness (QED) is 0.916. The second-order valence-electron chi connectivity index (χ2n) is 6.55. The molecule has 0 unspecified atom stereocenters. The van der Waals surface area contributed by atoms with E-state index in [9.17, 15) is 4.79 Å². The first-order chi connectivity index (χ1) is 9.59. The van der Waals surface area contributed by atoms with Crippen molar-refractivity contribution in [1.82, 2.24) is 4.90 Å². The minimum absolute atomic E-state index is 0.0622. The molecule has 0 aromatic heterocycles. The van der Waals surface area contributed by atoms with Gasteiger partial charge in [-0.15, -0.1) is 0 Å². The van der Waals surface area contributed by atoms with Crippen LogP contribution >= 0.6 is 0 Å². The van der Waals surface area contributed by atoms with E-state index in [4.69, 9.17) is 5.11 Å². The molecule has 2 fully saturated rings. The second-order valence-corrected chi connectivity index (χ2v) is 6.55.